The zero-order valence-electron chi connectivity index (χ0n) is 9.90. The number of rotatable bonds is 3. The van der Waals surface area contributed by atoms with Crippen molar-refractivity contribution in [2.24, 2.45) is 5.92 Å². The highest BCUT2D eigenvalue weighted by molar-refractivity contribution is 5.80. The molecule has 1 unspecified atom stereocenters. The van der Waals surface area contributed by atoms with E-state index >= 15 is 0 Å². The number of amides is 2. The van der Waals surface area contributed by atoms with Crippen LogP contribution in [-0.4, -0.2) is 47.6 Å². The summed E-state index contributed by atoms with van der Waals surface area (Å²) in [4.78, 5) is 24.6. The SMILES string of the molecule is CC(=O)N1CCCC(C(=O)NC[C@H](C)O)C1. The molecule has 1 aliphatic rings. The number of nitrogens with zero attached hydrogens (tertiary/aromatic N) is 1. The van der Waals surface area contributed by atoms with Crippen LogP contribution in [-0.2, 0) is 9.59 Å². The van der Waals surface area contributed by atoms with E-state index < -0.39 is 6.10 Å². The quantitative estimate of drug-likeness (QED) is 0.699. The largest absolute Gasteiger partial charge is 0.392 e. The number of piperidine rings is 1. The number of carbonyl (C=O) groups is 2. The minimum absolute atomic E-state index is 0.0213. The number of aliphatic hydroxyl groups is 1. The van der Waals surface area contributed by atoms with E-state index in [1.165, 1.54) is 6.92 Å². The normalized spacial score (nSPS) is 22.7. The third kappa shape index (κ3) is 3.81. The number of nitrogens with one attached hydrogen (secondary N) is 1. The Balaban J connectivity index is 2.41. The first-order valence-corrected chi connectivity index (χ1v) is 5.72. The summed E-state index contributed by atoms with van der Waals surface area (Å²) in [6.45, 7) is 4.67. The Morgan fingerprint density at radius 3 is 2.81 bits per heavy atom. The molecule has 1 fully saturated rings. The molecule has 1 saturated heterocycles. The third-order valence-electron chi connectivity index (χ3n) is 2.81. The van der Waals surface area contributed by atoms with Crippen molar-refractivity contribution < 1.29 is 14.7 Å². The second-order valence-electron chi connectivity index (χ2n) is 4.40. The standard InChI is InChI=1S/C11H20N2O3/c1-8(14)6-12-11(16)10-4-3-5-13(7-10)9(2)15/h8,10,14H,3-7H2,1-2H3,(H,12,16)/t8-,10?/m0/s1. The Morgan fingerprint density at radius 2 is 2.25 bits per heavy atom. The summed E-state index contributed by atoms with van der Waals surface area (Å²) in [7, 11) is 0. The van der Waals surface area contributed by atoms with Crippen LogP contribution < -0.4 is 5.32 Å². The topological polar surface area (TPSA) is 69.6 Å². The lowest BCUT2D eigenvalue weighted by atomic mass is 9.97. The van der Waals surface area contributed by atoms with Crippen molar-refractivity contribution in [2.75, 3.05) is 19.6 Å². The number of aliphatic hydroxyl groups excluding tert-OH is 1. The van der Waals surface area contributed by atoms with Crippen LogP contribution in [0.5, 0.6) is 0 Å². The van der Waals surface area contributed by atoms with Gasteiger partial charge < -0.3 is 15.3 Å². The fraction of sp³-hybridized carbons (Fsp3) is 0.818. The maximum absolute atomic E-state index is 11.7. The number of likely N-dealkylation sites (tertiary alicyclic amines) is 1. The lowest BCUT2D eigenvalue weighted by Gasteiger charge is -2.31. The van der Waals surface area contributed by atoms with Crippen molar-refractivity contribution in [3.8, 4) is 0 Å². The van der Waals surface area contributed by atoms with Crippen molar-refractivity contribution in [1.29, 1.82) is 0 Å². The lowest BCUT2D eigenvalue weighted by Crippen LogP contribution is -2.45. The predicted molar refractivity (Wildman–Crippen MR) is 59.7 cm³/mol. The summed E-state index contributed by atoms with van der Waals surface area (Å²) >= 11 is 0. The summed E-state index contributed by atoms with van der Waals surface area (Å²) < 4.78 is 0. The molecule has 1 rings (SSSR count). The average Bonchev–Trinajstić information content (AvgIpc) is 2.26. The molecule has 0 aliphatic carbocycles. The van der Waals surface area contributed by atoms with E-state index in [0.717, 1.165) is 19.4 Å². The summed E-state index contributed by atoms with van der Waals surface area (Å²) in [5.74, 6) is -0.170. The summed E-state index contributed by atoms with van der Waals surface area (Å²) in [5, 5.41) is 11.7. The average molecular weight is 228 g/mol. The van der Waals surface area contributed by atoms with Gasteiger partial charge in [-0.3, -0.25) is 9.59 Å². The molecule has 0 bridgehead atoms. The van der Waals surface area contributed by atoms with Crippen molar-refractivity contribution in [3.05, 3.63) is 0 Å². The molecule has 0 aromatic carbocycles. The van der Waals surface area contributed by atoms with Crippen LogP contribution in [0.4, 0.5) is 0 Å². The zero-order valence-corrected chi connectivity index (χ0v) is 9.90. The molecular weight excluding hydrogens is 208 g/mol. The molecule has 0 spiro atoms. The Morgan fingerprint density at radius 1 is 1.56 bits per heavy atom. The molecule has 92 valence electrons. The van der Waals surface area contributed by atoms with Crippen LogP contribution in [0, 0.1) is 5.92 Å². The summed E-state index contributed by atoms with van der Waals surface area (Å²) in [5.41, 5.74) is 0. The molecule has 0 aromatic heterocycles. The number of carbonyl (C=O) groups excluding carboxylic acids is 2. The van der Waals surface area contributed by atoms with Crippen LogP contribution in [0.2, 0.25) is 0 Å². The summed E-state index contributed by atoms with van der Waals surface area (Å²) in [6.07, 6.45) is 1.15. The van der Waals surface area contributed by atoms with Gasteiger partial charge in [0.15, 0.2) is 0 Å². The molecular formula is C11H20N2O3. The predicted octanol–water partition coefficient (Wildman–Crippen LogP) is -0.258. The molecule has 5 nitrogen and oxygen atoms in total. The van der Waals surface area contributed by atoms with Crippen molar-refractivity contribution in [1.82, 2.24) is 10.2 Å². The monoisotopic (exact) mass is 228 g/mol. The van der Waals surface area contributed by atoms with Gasteiger partial charge in [0.2, 0.25) is 11.8 Å². The van der Waals surface area contributed by atoms with Crippen molar-refractivity contribution in [2.45, 2.75) is 32.8 Å². The van der Waals surface area contributed by atoms with Crippen LogP contribution in [0.25, 0.3) is 0 Å². The third-order valence-corrected chi connectivity index (χ3v) is 2.81. The maximum Gasteiger partial charge on any atom is 0.224 e. The van der Waals surface area contributed by atoms with Gasteiger partial charge in [-0.1, -0.05) is 0 Å². The first kappa shape index (κ1) is 13.0. The molecule has 2 N–H and O–H groups in total. The van der Waals surface area contributed by atoms with Crippen LogP contribution in [0.3, 0.4) is 0 Å². The molecule has 1 heterocycles. The molecule has 16 heavy (non-hydrogen) atoms. The Labute approximate surface area is 95.8 Å². The zero-order chi connectivity index (χ0) is 12.1. The minimum Gasteiger partial charge on any atom is -0.392 e. The molecule has 1 aliphatic heterocycles. The number of hydrogen-bond acceptors (Lipinski definition) is 3. The molecule has 5 heteroatoms. The molecule has 0 aromatic rings. The van der Waals surface area contributed by atoms with E-state index in [1.807, 2.05) is 0 Å². The van der Waals surface area contributed by atoms with Gasteiger partial charge in [0.1, 0.15) is 0 Å². The van der Waals surface area contributed by atoms with E-state index in [0.29, 0.717) is 6.54 Å². The highest BCUT2D eigenvalue weighted by Crippen LogP contribution is 2.16. The van der Waals surface area contributed by atoms with Gasteiger partial charge in [-0.15, -0.1) is 0 Å². The van der Waals surface area contributed by atoms with Crippen molar-refractivity contribution in [3.63, 3.8) is 0 Å². The van der Waals surface area contributed by atoms with Gasteiger partial charge in [-0.2, -0.15) is 0 Å². The Kier molecular flexibility index (Phi) is 4.73. The lowest BCUT2D eigenvalue weighted by molar-refractivity contribution is -0.134. The van der Waals surface area contributed by atoms with Gasteiger partial charge in [-0.25, -0.2) is 0 Å². The van der Waals surface area contributed by atoms with E-state index in [1.54, 1.807) is 11.8 Å². The molecule has 0 radical (unpaired) electrons. The summed E-state index contributed by atoms with van der Waals surface area (Å²) in [6, 6.07) is 0. The maximum atomic E-state index is 11.7. The van der Waals surface area contributed by atoms with Gasteiger partial charge in [0, 0.05) is 26.6 Å². The molecule has 0 saturated carbocycles. The van der Waals surface area contributed by atoms with E-state index in [2.05, 4.69) is 5.32 Å². The first-order valence-electron chi connectivity index (χ1n) is 5.72. The fourth-order valence-electron chi connectivity index (χ4n) is 1.87. The smallest absolute Gasteiger partial charge is 0.224 e. The minimum atomic E-state index is -0.531. The van der Waals surface area contributed by atoms with E-state index in [4.69, 9.17) is 5.11 Å². The second-order valence-corrected chi connectivity index (χ2v) is 4.40. The molecule has 2 atom stereocenters. The van der Waals surface area contributed by atoms with Gasteiger partial charge in [0.05, 0.1) is 12.0 Å². The fourth-order valence-corrected chi connectivity index (χ4v) is 1.87. The van der Waals surface area contributed by atoms with Gasteiger partial charge in [-0.05, 0) is 19.8 Å². The van der Waals surface area contributed by atoms with Crippen molar-refractivity contribution >= 4 is 11.8 Å². The molecule has 2 amide bonds. The van der Waals surface area contributed by atoms with Crippen LogP contribution in [0.15, 0.2) is 0 Å². The van der Waals surface area contributed by atoms with Gasteiger partial charge >= 0.3 is 0 Å². The number of hydrogen-bond donors (Lipinski definition) is 2. The first-order chi connectivity index (χ1) is 7.50. The second kappa shape index (κ2) is 5.84. The van der Waals surface area contributed by atoms with E-state index in [-0.39, 0.29) is 24.3 Å². The van der Waals surface area contributed by atoms with Gasteiger partial charge in [0.25, 0.3) is 0 Å². The van der Waals surface area contributed by atoms with E-state index in [9.17, 15) is 9.59 Å². The highest BCUT2D eigenvalue weighted by Gasteiger charge is 2.26. The highest BCUT2D eigenvalue weighted by atomic mass is 16.3. The Hall–Kier alpha value is -1.10. The Bertz CT molecular complexity index is 266. The van der Waals surface area contributed by atoms with Crippen LogP contribution in [0.1, 0.15) is 26.7 Å². The van der Waals surface area contributed by atoms with Crippen LogP contribution >= 0.6 is 0 Å².